The summed E-state index contributed by atoms with van der Waals surface area (Å²) in [7, 11) is 1.69. The minimum atomic E-state index is 0.637. The van der Waals surface area contributed by atoms with Crippen molar-refractivity contribution in [1.82, 2.24) is 0 Å². The second kappa shape index (κ2) is 8.37. The van der Waals surface area contributed by atoms with Gasteiger partial charge in [0.05, 0.1) is 13.2 Å². The molecule has 1 aromatic rings. The van der Waals surface area contributed by atoms with Gasteiger partial charge < -0.3 is 14.2 Å². The summed E-state index contributed by atoms with van der Waals surface area (Å²) in [6, 6.07) is 5.94. The molecule has 0 heterocycles. The molecular formula is C13H19BrO3. The molecule has 0 fully saturated rings. The summed E-state index contributed by atoms with van der Waals surface area (Å²) in [5.74, 6) is 1.64. The van der Waals surface area contributed by atoms with Crippen LogP contribution in [-0.2, 0) is 10.1 Å². The molecule has 0 spiro atoms. The summed E-state index contributed by atoms with van der Waals surface area (Å²) in [5.41, 5.74) is 1.10. The fraction of sp³-hybridized carbons (Fsp3) is 0.538. The molecule has 0 aliphatic carbocycles. The molecule has 1 rings (SSSR count). The summed E-state index contributed by atoms with van der Waals surface area (Å²) in [6.45, 7) is 3.95. The predicted molar refractivity (Wildman–Crippen MR) is 72.2 cm³/mol. The standard InChI is InChI=1S/C13H19BrO3/c1-3-16-12-7-4-6-11(10-14)13(12)17-9-5-8-15-2/h4,6-7H,3,5,8-10H2,1-2H3. The molecule has 0 aromatic heterocycles. The van der Waals surface area contributed by atoms with Crippen LogP contribution < -0.4 is 9.47 Å². The number of rotatable bonds is 8. The lowest BCUT2D eigenvalue weighted by Gasteiger charge is -2.14. The number of benzene rings is 1. The molecule has 0 saturated carbocycles. The monoisotopic (exact) mass is 302 g/mol. The van der Waals surface area contributed by atoms with Crippen LogP contribution in [0.2, 0.25) is 0 Å². The molecule has 4 heteroatoms. The highest BCUT2D eigenvalue weighted by molar-refractivity contribution is 9.08. The summed E-state index contributed by atoms with van der Waals surface area (Å²) >= 11 is 3.46. The second-order valence-electron chi connectivity index (χ2n) is 3.51. The second-order valence-corrected chi connectivity index (χ2v) is 4.07. The predicted octanol–water partition coefficient (Wildman–Crippen LogP) is 3.40. The minimum absolute atomic E-state index is 0.637. The summed E-state index contributed by atoms with van der Waals surface area (Å²) < 4.78 is 16.3. The first kappa shape index (κ1) is 14.3. The van der Waals surface area contributed by atoms with Gasteiger partial charge in [0.1, 0.15) is 0 Å². The third kappa shape index (κ3) is 4.56. The molecule has 0 unspecified atom stereocenters. The van der Waals surface area contributed by atoms with E-state index in [2.05, 4.69) is 15.9 Å². The van der Waals surface area contributed by atoms with Crippen LogP contribution in [-0.4, -0.2) is 26.9 Å². The fourth-order valence-corrected chi connectivity index (χ4v) is 1.92. The van der Waals surface area contributed by atoms with Crippen LogP contribution in [0.25, 0.3) is 0 Å². The molecule has 0 atom stereocenters. The van der Waals surface area contributed by atoms with Gasteiger partial charge in [0.2, 0.25) is 0 Å². The minimum Gasteiger partial charge on any atom is -0.490 e. The molecule has 0 amide bonds. The number of hydrogen-bond donors (Lipinski definition) is 0. The van der Waals surface area contributed by atoms with Gasteiger partial charge in [0.15, 0.2) is 11.5 Å². The zero-order chi connectivity index (χ0) is 12.5. The Balaban J connectivity index is 2.70. The van der Waals surface area contributed by atoms with E-state index in [0.717, 1.165) is 28.8 Å². The van der Waals surface area contributed by atoms with Crippen molar-refractivity contribution in [3.63, 3.8) is 0 Å². The zero-order valence-corrected chi connectivity index (χ0v) is 12.0. The lowest BCUT2D eigenvalue weighted by atomic mass is 10.2. The third-order valence-electron chi connectivity index (χ3n) is 2.24. The van der Waals surface area contributed by atoms with Gasteiger partial charge in [-0.2, -0.15) is 0 Å². The SMILES string of the molecule is CCOc1cccc(CBr)c1OCCCOC. The average Bonchev–Trinajstić information content (AvgIpc) is 2.36. The number of halogens is 1. The van der Waals surface area contributed by atoms with Crippen molar-refractivity contribution in [3.8, 4) is 11.5 Å². The Morgan fingerprint density at radius 3 is 2.65 bits per heavy atom. The average molecular weight is 303 g/mol. The molecule has 17 heavy (non-hydrogen) atoms. The van der Waals surface area contributed by atoms with Crippen molar-refractivity contribution in [3.05, 3.63) is 23.8 Å². The van der Waals surface area contributed by atoms with E-state index >= 15 is 0 Å². The molecule has 0 aliphatic rings. The van der Waals surface area contributed by atoms with Crippen molar-refractivity contribution in [2.75, 3.05) is 26.9 Å². The number of para-hydroxylation sites is 1. The van der Waals surface area contributed by atoms with Crippen LogP contribution in [0.4, 0.5) is 0 Å². The highest BCUT2D eigenvalue weighted by Gasteiger charge is 2.09. The number of alkyl halides is 1. The van der Waals surface area contributed by atoms with Crippen LogP contribution >= 0.6 is 15.9 Å². The quantitative estimate of drug-likeness (QED) is 0.544. The van der Waals surface area contributed by atoms with Gasteiger partial charge >= 0.3 is 0 Å². The van der Waals surface area contributed by atoms with Gasteiger partial charge in [-0.05, 0) is 13.0 Å². The first-order valence-electron chi connectivity index (χ1n) is 5.75. The highest BCUT2D eigenvalue weighted by atomic mass is 79.9. The summed E-state index contributed by atoms with van der Waals surface area (Å²) in [6.07, 6.45) is 0.874. The number of ether oxygens (including phenoxy) is 3. The first-order valence-corrected chi connectivity index (χ1v) is 6.88. The van der Waals surface area contributed by atoms with Crippen LogP contribution in [0.15, 0.2) is 18.2 Å². The lowest BCUT2D eigenvalue weighted by Crippen LogP contribution is -2.05. The molecule has 96 valence electrons. The van der Waals surface area contributed by atoms with Gasteiger partial charge in [-0.15, -0.1) is 0 Å². The maximum Gasteiger partial charge on any atom is 0.165 e. The van der Waals surface area contributed by atoms with E-state index in [4.69, 9.17) is 14.2 Å². The van der Waals surface area contributed by atoms with Crippen LogP contribution in [0.3, 0.4) is 0 Å². The van der Waals surface area contributed by atoms with E-state index in [0.29, 0.717) is 19.8 Å². The van der Waals surface area contributed by atoms with Crippen molar-refractivity contribution in [1.29, 1.82) is 0 Å². The van der Waals surface area contributed by atoms with Crippen molar-refractivity contribution in [2.24, 2.45) is 0 Å². The Bertz CT molecular complexity index is 328. The summed E-state index contributed by atoms with van der Waals surface area (Å²) in [4.78, 5) is 0. The fourth-order valence-electron chi connectivity index (χ4n) is 1.48. The first-order chi connectivity index (χ1) is 8.33. The molecule has 0 aliphatic heterocycles. The molecule has 3 nitrogen and oxygen atoms in total. The van der Waals surface area contributed by atoms with Gasteiger partial charge in [-0.1, -0.05) is 28.1 Å². The van der Waals surface area contributed by atoms with E-state index in [-0.39, 0.29) is 0 Å². The van der Waals surface area contributed by atoms with Gasteiger partial charge in [0.25, 0.3) is 0 Å². The van der Waals surface area contributed by atoms with E-state index in [1.165, 1.54) is 0 Å². The Kier molecular flexibility index (Phi) is 7.05. The Hall–Kier alpha value is -0.740. The Labute approximate surface area is 111 Å². The molecule has 0 saturated heterocycles. The Morgan fingerprint density at radius 1 is 1.18 bits per heavy atom. The zero-order valence-electron chi connectivity index (χ0n) is 10.4. The normalized spacial score (nSPS) is 10.3. The molecule has 0 bridgehead atoms. The van der Waals surface area contributed by atoms with E-state index in [1.807, 2.05) is 25.1 Å². The molecule has 0 radical (unpaired) electrons. The van der Waals surface area contributed by atoms with Crippen molar-refractivity contribution in [2.45, 2.75) is 18.7 Å². The smallest absolute Gasteiger partial charge is 0.165 e. The van der Waals surface area contributed by atoms with Gasteiger partial charge in [0, 0.05) is 31.0 Å². The molecule has 1 aromatic carbocycles. The topological polar surface area (TPSA) is 27.7 Å². The summed E-state index contributed by atoms with van der Waals surface area (Å²) in [5, 5.41) is 0.757. The Morgan fingerprint density at radius 2 is 2.00 bits per heavy atom. The van der Waals surface area contributed by atoms with Crippen molar-refractivity contribution >= 4 is 15.9 Å². The van der Waals surface area contributed by atoms with Crippen LogP contribution in [0, 0.1) is 0 Å². The van der Waals surface area contributed by atoms with Gasteiger partial charge in [-0.25, -0.2) is 0 Å². The maximum absolute atomic E-state index is 5.78. The van der Waals surface area contributed by atoms with Gasteiger partial charge in [-0.3, -0.25) is 0 Å². The van der Waals surface area contributed by atoms with E-state index < -0.39 is 0 Å². The lowest BCUT2D eigenvalue weighted by molar-refractivity contribution is 0.169. The number of methoxy groups -OCH3 is 1. The third-order valence-corrected chi connectivity index (χ3v) is 2.85. The maximum atomic E-state index is 5.78. The molecular weight excluding hydrogens is 284 g/mol. The van der Waals surface area contributed by atoms with Crippen LogP contribution in [0.5, 0.6) is 11.5 Å². The van der Waals surface area contributed by atoms with Crippen LogP contribution in [0.1, 0.15) is 18.9 Å². The largest absolute Gasteiger partial charge is 0.490 e. The number of hydrogen-bond acceptors (Lipinski definition) is 3. The van der Waals surface area contributed by atoms with Crippen molar-refractivity contribution < 1.29 is 14.2 Å². The highest BCUT2D eigenvalue weighted by Crippen LogP contribution is 2.32. The van der Waals surface area contributed by atoms with E-state index in [9.17, 15) is 0 Å². The molecule has 0 N–H and O–H groups in total. The van der Waals surface area contributed by atoms with E-state index in [1.54, 1.807) is 7.11 Å².